The second-order valence-electron chi connectivity index (χ2n) is 7.18. The van der Waals surface area contributed by atoms with Crippen LogP contribution in [0.4, 0.5) is 5.69 Å². The molecular formula is C22H23BrN2O4. The van der Waals surface area contributed by atoms with Gasteiger partial charge >= 0.3 is 0 Å². The molecule has 29 heavy (non-hydrogen) atoms. The standard InChI is InChI=1S/C22H23BrN2O4/c1-2-28-29-10-4-5-14-19(24-18-6-3-7-20(26)21(14)18)12-16-15-11-13(23)8-9-17(15)25-22(16)27/h8-9,11-12,24H,2-7,10H2,1H3,(H,25,27)/b16-12-. The Kier molecular flexibility index (Phi) is 5.99. The van der Waals surface area contributed by atoms with Crippen molar-refractivity contribution in [3.8, 4) is 0 Å². The maximum absolute atomic E-state index is 12.6. The molecule has 0 bridgehead atoms. The van der Waals surface area contributed by atoms with Crippen LogP contribution in [0.2, 0.25) is 0 Å². The van der Waals surface area contributed by atoms with Crippen LogP contribution in [0, 0.1) is 0 Å². The van der Waals surface area contributed by atoms with Gasteiger partial charge < -0.3 is 10.3 Å². The average molecular weight is 459 g/mol. The van der Waals surface area contributed by atoms with Crippen LogP contribution < -0.4 is 5.32 Å². The number of amides is 1. The van der Waals surface area contributed by atoms with Crippen LogP contribution in [0.25, 0.3) is 11.6 Å². The number of aryl methyl sites for hydroxylation is 1. The summed E-state index contributed by atoms with van der Waals surface area (Å²) in [6.07, 6.45) is 5.54. The van der Waals surface area contributed by atoms with E-state index in [0.29, 0.717) is 31.6 Å². The van der Waals surface area contributed by atoms with E-state index in [1.807, 2.05) is 31.2 Å². The summed E-state index contributed by atoms with van der Waals surface area (Å²) in [7, 11) is 0. The van der Waals surface area contributed by atoms with Crippen LogP contribution in [0.1, 0.15) is 59.1 Å². The molecule has 0 saturated carbocycles. The summed E-state index contributed by atoms with van der Waals surface area (Å²) < 4.78 is 0.910. The van der Waals surface area contributed by atoms with E-state index >= 15 is 0 Å². The van der Waals surface area contributed by atoms with Crippen molar-refractivity contribution < 1.29 is 19.4 Å². The van der Waals surface area contributed by atoms with Crippen LogP contribution in [0.15, 0.2) is 22.7 Å². The SMILES string of the molecule is CCOOCCCc1c(/C=C2\C(=O)Nc3ccc(Br)cc32)[nH]c2c1C(=O)CCC2. The van der Waals surface area contributed by atoms with Crippen molar-refractivity contribution in [3.63, 3.8) is 0 Å². The van der Waals surface area contributed by atoms with Crippen molar-refractivity contribution in [2.75, 3.05) is 18.5 Å². The van der Waals surface area contributed by atoms with E-state index < -0.39 is 0 Å². The van der Waals surface area contributed by atoms with Crippen LogP contribution in [0.5, 0.6) is 0 Å². The number of hydrogen-bond donors (Lipinski definition) is 2. The van der Waals surface area contributed by atoms with E-state index in [1.165, 1.54) is 0 Å². The molecule has 6 nitrogen and oxygen atoms in total. The molecule has 1 aromatic carbocycles. The molecule has 2 aliphatic rings. The number of carbonyl (C=O) groups excluding carboxylic acids is 2. The van der Waals surface area contributed by atoms with E-state index in [9.17, 15) is 9.59 Å². The number of Topliss-reactive ketones (excluding diaryl/α,β-unsaturated/α-hetero) is 1. The Morgan fingerprint density at radius 2 is 2.07 bits per heavy atom. The fourth-order valence-corrected chi connectivity index (χ4v) is 4.33. The van der Waals surface area contributed by atoms with Gasteiger partial charge in [-0.05, 0) is 62.4 Å². The van der Waals surface area contributed by atoms with E-state index in [2.05, 4.69) is 26.2 Å². The number of aromatic nitrogens is 1. The summed E-state index contributed by atoms with van der Waals surface area (Å²) in [4.78, 5) is 38.7. The summed E-state index contributed by atoms with van der Waals surface area (Å²) in [6, 6.07) is 5.72. The first kappa shape index (κ1) is 20.1. The topological polar surface area (TPSA) is 80.4 Å². The summed E-state index contributed by atoms with van der Waals surface area (Å²) in [5.74, 6) is 0.0366. The molecule has 0 atom stereocenters. The maximum atomic E-state index is 12.6. The van der Waals surface area contributed by atoms with Crippen molar-refractivity contribution in [3.05, 3.63) is 50.8 Å². The molecule has 2 aromatic rings. The molecule has 152 valence electrons. The third-order valence-corrected chi connectivity index (χ3v) is 5.73. The number of aromatic amines is 1. The lowest BCUT2D eigenvalue weighted by molar-refractivity contribution is -0.291. The van der Waals surface area contributed by atoms with Crippen LogP contribution in [-0.4, -0.2) is 29.9 Å². The lowest BCUT2D eigenvalue weighted by Gasteiger charge is -2.11. The zero-order valence-electron chi connectivity index (χ0n) is 16.3. The van der Waals surface area contributed by atoms with Gasteiger partial charge in [-0.15, -0.1) is 0 Å². The number of H-pyrrole nitrogens is 1. The van der Waals surface area contributed by atoms with Gasteiger partial charge in [-0.3, -0.25) is 9.59 Å². The molecule has 1 aliphatic carbocycles. The van der Waals surface area contributed by atoms with Gasteiger partial charge in [0.05, 0.1) is 18.8 Å². The molecule has 1 aliphatic heterocycles. The minimum atomic E-state index is -0.136. The predicted molar refractivity (Wildman–Crippen MR) is 115 cm³/mol. The number of ketones is 1. The molecule has 0 spiro atoms. The number of benzene rings is 1. The molecule has 2 N–H and O–H groups in total. The second-order valence-corrected chi connectivity index (χ2v) is 8.10. The molecule has 2 heterocycles. The van der Waals surface area contributed by atoms with Crippen LogP contribution in [0.3, 0.4) is 0 Å². The molecule has 7 heteroatoms. The van der Waals surface area contributed by atoms with Gasteiger partial charge in [0.2, 0.25) is 0 Å². The van der Waals surface area contributed by atoms with Crippen molar-refractivity contribution in [1.82, 2.24) is 4.98 Å². The smallest absolute Gasteiger partial charge is 0.256 e. The number of carbonyl (C=O) groups is 2. The lowest BCUT2D eigenvalue weighted by Crippen LogP contribution is -2.11. The van der Waals surface area contributed by atoms with Crippen molar-refractivity contribution in [2.24, 2.45) is 0 Å². The zero-order valence-corrected chi connectivity index (χ0v) is 17.9. The molecule has 1 amide bonds. The van der Waals surface area contributed by atoms with Crippen molar-refractivity contribution in [2.45, 2.75) is 39.0 Å². The van der Waals surface area contributed by atoms with E-state index in [0.717, 1.165) is 57.5 Å². The van der Waals surface area contributed by atoms with Gasteiger partial charge in [0, 0.05) is 39.1 Å². The van der Waals surface area contributed by atoms with Crippen molar-refractivity contribution >= 4 is 45.0 Å². The highest BCUT2D eigenvalue weighted by molar-refractivity contribution is 9.10. The zero-order chi connectivity index (χ0) is 20.4. The Labute approximate surface area is 177 Å². The minimum absolute atomic E-state index is 0.136. The largest absolute Gasteiger partial charge is 0.358 e. The summed E-state index contributed by atoms with van der Waals surface area (Å²) in [5, 5.41) is 2.91. The molecule has 0 saturated heterocycles. The molecule has 0 fully saturated rings. The van der Waals surface area contributed by atoms with Gasteiger partial charge in [-0.2, -0.15) is 0 Å². The highest BCUT2D eigenvalue weighted by Crippen LogP contribution is 2.37. The number of fused-ring (bicyclic) bond motifs is 2. The molecule has 1 aromatic heterocycles. The van der Waals surface area contributed by atoms with Crippen molar-refractivity contribution in [1.29, 1.82) is 0 Å². The van der Waals surface area contributed by atoms with Crippen LogP contribution in [-0.2, 0) is 27.4 Å². The Morgan fingerprint density at radius 3 is 2.90 bits per heavy atom. The Bertz CT molecular complexity index is 993. The third-order valence-electron chi connectivity index (χ3n) is 5.23. The van der Waals surface area contributed by atoms with Gasteiger partial charge in [0.15, 0.2) is 5.78 Å². The van der Waals surface area contributed by atoms with Gasteiger partial charge in [0.1, 0.15) is 0 Å². The number of hydrogen-bond acceptors (Lipinski definition) is 4. The molecule has 4 rings (SSSR count). The summed E-state index contributed by atoms with van der Waals surface area (Å²) in [5.41, 5.74) is 5.82. The van der Waals surface area contributed by atoms with E-state index in [4.69, 9.17) is 9.78 Å². The Balaban J connectivity index is 1.70. The average Bonchev–Trinajstić information content (AvgIpc) is 3.20. The minimum Gasteiger partial charge on any atom is -0.358 e. The highest BCUT2D eigenvalue weighted by atomic mass is 79.9. The molecule has 0 radical (unpaired) electrons. The Hall–Kier alpha value is -2.22. The van der Waals surface area contributed by atoms with Crippen LogP contribution >= 0.6 is 15.9 Å². The molecular weight excluding hydrogens is 436 g/mol. The summed E-state index contributed by atoms with van der Waals surface area (Å²) in [6.45, 7) is 2.82. The summed E-state index contributed by atoms with van der Waals surface area (Å²) >= 11 is 3.48. The second kappa shape index (κ2) is 8.65. The predicted octanol–water partition coefficient (Wildman–Crippen LogP) is 4.69. The third kappa shape index (κ3) is 4.08. The number of anilines is 1. The monoisotopic (exact) mass is 458 g/mol. The van der Waals surface area contributed by atoms with Gasteiger partial charge in [0.25, 0.3) is 5.91 Å². The number of nitrogens with one attached hydrogen (secondary N) is 2. The quantitative estimate of drug-likeness (QED) is 0.273. The fourth-order valence-electron chi connectivity index (χ4n) is 3.97. The maximum Gasteiger partial charge on any atom is 0.256 e. The first-order valence-corrected chi connectivity index (χ1v) is 10.7. The molecule has 0 unspecified atom stereocenters. The normalized spacial score (nSPS) is 16.8. The first-order valence-electron chi connectivity index (χ1n) is 9.92. The van der Waals surface area contributed by atoms with E-state index in [1.54, 1.807) is 0 Å². The highest BCUT2D eigenvalue weighted by Gasteiger charge is 2.28. The van der Waals surface area contributed by atoms with Gasteiger partial charge in [-0.25, -0.2) is 9.78 Å². The first-order chi connectivity index (χ1) is 14.1. The van der Waals surface area contributed by atoms with E-state index in [-0.39, 0.29) is 11.7 Å². The lowest BCUT2D eigenvalue weighted by atomic mass is 9.91. The number of rotatable bonds is 7. The van der Waals surface area contributed by atoms with Gasteiger partial charge in [-0.1, -0.05) is 15.9 Å². The Morgan fingerprint density at radius 1 is 1.21 bits per heavy atom. The number of halogens is 1. The fraction of sp³-hybridized carbons (Fsp3) is 0.364.